The first-order valence-electron chi connectivity index (χ1n) is 7.04. The highest BCUT2D eigenvalue weighted by atomic mass is 32.2. The first kappa shape index (κ1) is 15.3. The van der Waals surface area contributed by atoms with Gasteiger partial charge in [-0.2, -0.15) is 0 Å². The summed E-state index contributed by atoms with van der Waals surface area (Å²) in [5.41, 5.74) is 1.22. The average Bonchev–Trinajstić information content (AvgIpc) is 2.62. The lowest BCUT2D eigenvalue weighted by Crippen LogP contribution is -2.23. The van der Waals surface area contributed by atoms with E-state index in [0.717, 1.165) is 12.1 Å². The van der Waals surface area contributed by atoms with E-state index >= 15 is 0 Å². The molecule has 0 amide bonds. The van der Waals surface area contributed by atoms with E-state index < -0.39 is 10.0 Å². The molecule has 0 radical (unpaired) electrons. The summed E-state index contributed by atoms with van der Waals surface area (Å²) in [5, 5.41) is 3.49. The summed E-state index contributed by atoms with van der Waals surface area (Å²) in [6, 6.07) is 7.41. The van der Waals surface area contributed by atoms with Crippen molar-refractivity contribution >= 4 is 15.7 Å². The van der Waals surface area contributed by atoms with Crippen molar-refractivity contribution in [2.45, 2.75) is 44.6 Å². The smallest absolute Gasteiger partial charge is 0.240 e. The average molecular weight is 296 g/mol. The van der Waals surface area contributed by atoms with Crippen molar-refractivity contribution in [2.24, 2.45) is 11.3 Å². The molecule has 20 heavy (non-hydrogen) atoms. The van der Waals surface area contributed by atoms with Crippen LogP contribution in [0.3, 0.4) is 0 Å². The Kier molecular flexibility index (Phi) is 4.12. The van der Waals surface area contributed by atoms with Crippen molar-refractivity contribution < 1.29 is 8.42 Å². The minimum atomic E-state index is -3.38. The first-order chi connectivity index (χ1) is 9.23. The zero-order chi connectivity index (χ0) is 15.0. The maximum Gasteiger partial charge on any atom is 0.240 e. The van der Waals surface area contributed by atoms with Crippen molar-refractivity contribution in [3.63, 3.8) is 0 Å². The molecule has 0 aliphatic heterocycles. The van der Waals surface area contributed by atoms with E-state index in [9.17, 15) is 8.42 Å². The minimum absolute atomic E-state index is 0.301. The van der Waals surface area contributed by atoms with Crippen LogP contribution in [-0.2, 0) is 10.0 Å². The van der Waals surface area contributed by atoms with Crippen LogP contribution in [0, 0.1) is 11.3 Å². The largest absolute Gasteiger partial charge is 0.382 e. The standard InChI is InChI=1S/C15H24N2O2S/c1-11-9-15(2,3)10-14(11)17-12-6-5-7-13(8-12)20(18,19)16-4/h5-8,11,14,16-17H,9-10H2,1-4H3. The summed E-state index contributed by atoms with van der Waals surface area (Å²) in [4.78, 5) is 0.301. The molecule has 0 bridgehead atoms. The van der Waals surface area contributed by atoms with Gasteiger partial charge in [0.2, 0.25) is 10.0 Å². The Morgan fingerprint density at radius 3 is 2.50 bits per heavy atom. The second kappa shape index (κ2) is 5.37. The van der Waals surface area contributed by atoms with Crippen LogP contribution in [-0.4, -0.2) is 21.5 Å². The fourth-order valence-corrected chi connectivity index (χ4v) is 3.95. The normalized spacial score (nSPS) is 25.6. The summed E-state index contributed by atoms with van der Waals surface area (Å²) in [6.07, 6.45) is 2.30. The lowest BCUT2D eigenvalue weighted by Gasteiger charge is -2.20. The van der Waals surface area contributed by atoms with Gasteiger partial charge in [-0.3, -0.25) is 0 Å². The molecule has 1 aliphatic carbocycles. The van der Waals surface area contributed by atoms with Crippen molar-refractivity contribution in [1.29, 1.82) is 0 Å². The molecule has 1 aromatic carbocycles. The quantitative estimate of drug-likeness (QED) is 0.898. The number of sulfonamides is 1. The predicted molar refractivity (Wildman–Crippen MR) is 82.3 cm³/mol. The molecular formula is C15H24N2O2S. The van der Waals surface area contributed by atoms with Gasteiger partial charge in [-0.05, 0) is 49.4 Å². The van der Waals surface area contributed by atoms with Crippen molar-refractivity contribution in [1.82, 2.24) is 4.72 Å². The Bertz CT molecular complexity index is 581. The third kappa shape index (κ3) is 3.33. The molecule has 4 nitrogen and oxygen atoms in total. The zero-order valence-corrected chi connectivity index (χ0v) is 13.4. The van der Waals surface area contributed by atoms with E-state index in [1.807, 2.05) is 6.07 Å². The topological polar surface area (TPSA) is 58.2 Å². The van der Waals surface area contributed by atoms with Gasteiger partial charge in [-0.15, -0.1) is 0 Å². The van der Waals surface area contributed by atoms with E-state index in [1.165, 1.54) is 13.5 Å². The molecule has 0 saturated heterocycles. The maximum absolute atomic E-state index is 11.8. The fraction of sp³-hybridized carbons (Fsp3) is 0.600. The van der Waals surface area contributed by atoms with Crippen molar-refractivity contribution in [3.05, 3.63) is 24.3 Å². The van der Waals surface area contributed by atoms with E-state index in [0.29, 0.717) is 22.3 Å². The summed E-state index contributed by atoms with van der Waals surface area (Å²) < 4.78 is 26.0. The van der Waals surface area contributed by atoms with Crippen molar-refractivity contribution in [3.8, 4) is 0 Å². The van der Waals surface area contributed by atoms with Gasteiger partial charge in [0.25, 0.3) is 0 Å². The van der Waals surface area contributed by atoms with E-state index in [-0.39, 0.29) is 0 Å². The Hall–Kier alpha value is -1.07. The highest BCUT2D eigenvalue weighted by Crippen LogP contribution is 2.42. The van der Waals surface area contributed by atoms with Gasteiger partial charge in [-0.25, -0.2) is 13.1 Å². The predicted octanol–water partition coefficient (Wildman–Crippen LogP) is 2.83. The molecule has 0 aromatic heterocycles. The molecule has 0 heterocycles. The SMILES string of the molecule is CNS(=O)(=O)c1cccc(NC2CC(C)(C)CC2C)c1. The number of anilines is 1. The van der Waals surface area contributed by atoms with Crippen LogP contribution in [0.4, 0.5) is 5.69 Å². The van der Waals surface area contributed by atoms with E-state index in [1.54, 1.807) is 18.2 Å². The first-order valence-corrected chi connectivity index (χ1v) is 8.52. The van der Waals surface area contributed by atoms with Gasteiger partial charge in [0, 0.05) is 11.7 Å². The minimum Gasteiger partial charge on any atom is -0.382 e. The Balaban J connectivity index is 2.17. The molecule has 5 heteroatoms. The van der Waals surface area contributed by atoms with Crippen LogP contribution >= 0.6 is 0 Å². The molecule has 2 N–H and O–H groups in total. The number of hydrogen-bond donors (Lipinski definition) is 2. The molecule has 1 saturated carbocycles. The van der Waals surface area contributed by atoms with E-state index in [4.69, 9.17) is 0 Å². The molecule has 2 rings (SSSR count). The van der Waals surface area contributed by atoms with Crippen LogP contribution in [0.15, 0.2) is 29.2 Å². The van der Waals surface area contributed by atoms with Gasteiger partial charge in [0.1, 0.15) is 0 Å². The van der Waals surface area contributed by atoms with Crippen LogP contribution in [0.25, 0.3) is 0 Å². The summed E-state index contributed by atoms with van der Waals surface area (Å²) in [6.45, 7) is 6.82. The third-order valence-electron chi connectivity index (χ3n) is 4.10. The van der Waals surface area contributed by atoms with Crippen LogP contribution < -0.4 is 10.0 Å². The molecule has 2 unspecified atom stereocenters. The molecule has 2 atom stereocenters. The second-order valence-electron chi connectivity index (χ2n) is 6.54. The molecule has 1 aliphatic rings. The number of nitrogens with one attached hydrogen (secondary N) is 2. The van der Waals surface area contributed by atoms with Crippen molar-refractivity contribution in [2.75, 3.05) is 12.4 Å². The van der Waals surface area contributed by atoms with Gasteiger partial charge >= 0.3 is 0 Å². The molecule has 112 valence electrons. The Labute approximate surface area is 122 Å². The van der Waals surface area contributed by atoms with E-state index in [2.05, 4.69) is 30.8 Å². The highest BCUT2D eigenvalue weighted by molar-refractivity contribution is 7.89. The second-order valence-corrected chi connectivity index (χ2v) is 8.42. The Morgan fingerprint density at radius 2 is 1.95 bits per heavy atom. The Morgan fingerprint density at radius 1 is 1.25 bits per heavy atom. The number of rotatable bonds is 4. The van der Waals surface area contributed by atoms with Gasteiger partial charge in [0.15, 0.2) is 0 Å². The van der Waals surface area contributed by atoms with Crippen LogP contribution in [0.5, 0.6) is 0 Å². The maximum atomic E-state index is 11.8. The summed E-state index contributed by atoms with van der Waals surface area (Å²) in [7, 11) is -1.95. The van der Waals surface area contributed by atoms with Crippen LogP contribution in [0.2, 0.25) is 0 Å². The lowest BCUT2D eigenvalue weighted by atomic mass is 9.91. The highest BCUT2D eigenvalue weighted by Gasteiger charge is 2.36. The van der Waals surface area contributed by atoms with Gasteiger partial charge in [-0.1, -0.05) is 26.8 Å². The zero-order valence-electron chi connectivity index (χ0n) is 12.6. The molecule has 0 spiro atoms. The monoisotopic (exact) mass is 296 g/mol. The van der Waals surface area contributed by atoms with Gasteiger partial charge in [0.05, 0.1) is 4.90 Å². The molecule has 1 fully saturated rings. The third-order valence-corrected chi connectivity index (χ3v) is 5.51. The number of hydrogen-bond acceptors (Lipinski definition) is 3. The molecular weight excluding hydrogens is 272 g/mol. The summed E-state index contributed by atoms with van der Waals surface area (Å²) >= 11 is 0. The lowest BCUT2D eigenvalue weighted by molar-refractivity contribution is 0.366. The number of benzene rings is 1. The summed E-state index contributed by atoms with van der Waals surface area (Å²) in [5.74, 6) is 0.592. The molecule has 1 aromatic rings. The van der Waals surface area contributed by atoms with Crippen LogP contribution in [0.1, 0.15) is 33.6 Å². The van der Waals surface area contributed by atoms with Gasteiger partial charge < -0.3 is 5.32 Å². The fourth-order valence-electron chi connectivity index (χ4n) is 3.17.